The Morgan fingerprint density at radius 3 is 2.51 bits per heavy atom. The minimum absolute atomic E-state index is 0.0722. The summed E-state index contributed by atoms with van der Waals surface area (Å²) in [4.78, 5) is 22.1. The molecule has 3 aromatic rings. The summed E-state index contributed by atoms with van der Waals surface area (Å²) in [5.41, 5.74) is 0.257. The molecule has 2 aliphatic carbocycles. The molecule has 0 aliphatic heterocycles. The van der Waals surface area contributed by atoms with Gasteiger partial charge in [0.15, 0.2) is 10.8 Å². The Kier molecular flexibility index (Phi) is 7.99. The number of fused-ring (bicyclic) bond motifs is 2. The molecule has 2 aliphatic rings. The number of halogens is 4. The van der Waals surface area contributed by atoms with Gasteiger partial charge in [0.05, 0.1) is 28.6 Å². The molecule has 0 spiro atoms. The number of ketones is 1. The number of carbonyl (C=O) groups excluding carboxylic acids is 1. The summed E-state index contributed by atoms with van der Waals surface area (Å²) < 4.78 is 83.3. The molecule has 2 atom stereocenters. The van der Waals surface area contributed by atoms with Gasteiger partial charge in [0.1, 0.15) is 11.5 Å². The Morgan fingerprint density at radius 1 is 1.21 bits per heavy atom. The first-order valence-electron chi connectivity index (χ1n) is 13.6. The van der Waals surface area contributed by atoms with Crippen LogP contribution in [0.5, 0.6) is 0 Å². The second-order valence-electron chi connectivity index (χ2n) is 10.5. The molecule has 0 N–H and O–H groups in total. The first kappa shape index (κ1) is 30.5. The van der Waals surface area contributed by atoms with Gasteiger partial charge in [-0.25, -0.2) is 17.5 Å². The van der Waals surface area contributed by atoms with E-state index in [1.54, 1.807) is 29.9 Å². The summed E-state index contributed by atoms with van der Waals surface area (Å²) in [5.74, 6) is -0.905. The molecule has 0 unspecified atom stereocenters. The van der Waals surface area contributed by atoms with Crippen molar-refractivity contribution in [3.05, 3.63) is 95.4 Å². The highest BCUT2D eigenvalue weighted by Crippen LogP contribution is 2.51. The van der Waals surface area contributed by atoms with Gasteiger partial charge in [-0.05, 0) is 79.8 Å². The van der Waals surface area contributed by atoms with Gasteiger partial charge in [-0.15, -0.1) is 0 Å². The Hall–Kier alpha value is -3.97. The summed E-state index contributed by atoms with van der Waals surface area (Å²) in [6, 6.07) is 7.04. The van der Waals surface area contributed by atoms with Gasteiger partial charge in [0.2, 0.25) is 0 Å². The molecular weight excluding hydrogens is 586 g/mol. The van der Waals surface area contributed by atoms with Crippen molar-refractivity contribution in [2.45, 2.75) is 44.8 Å². The maximum absolute atomic E-state index is 14.3. The second-order valence-corrected chi connectivity index (χ2v) is 12.3. The predicted molar refractivity (Wildman–Crippen MR) is 154 cm³/mol. The molecule has 1 saturated carbocycles. The average Bonchev–Trinajstić information content (AvgIpc) is 3.38. The lowest BCUT2D eigenvalue weighted by atomic mass is 9.60. The van der Waals surface area contributed by atoms with Crippen LogP contribution in [-0.4, -0.2) is 57.9 Å². The molecule has 0 saturated heterocycles. The van der Waals surface area contributed by atoms with Crippen molar-refractivity contribution >= 4 is 26.9 Å². The summed E-state index contributed by atoms with van der Waals surface area (Å²) in [6.07, 6.45) is 1.53. The number of pyridine rings is 1. The van der Waals surface area contributed by atoms with Crippen molar-refractivity contribution < 1.29 is 30.8 Å². The third kappa shape index (κ3) is 5.35. The van der Waals surface area contributed by atoms with E-state index in [0.29, 0.717) is 41.6 Å². The smallest absolute Gasteiger partial charge is 0.291 e. The summed E-state index contributed by atoms with van der Waals surface area (Å²) in [5, 5.41) is 4.28. The van der Waals surface area contributed by atoms with E-state index in [-0.39, 0.29) is 30.1 Å². The highest BCUT2D eigenvalue weighted by Gasteiger charge is 2.51. The van der Waals surface area contributed by atoms with Gasteiger partial charge in [0, 0.05) is 25.8 Å². The number of carbonyl (C=O) groups is 1. The minimum atomic E-state index is -4.62. The number of aliphatic imine (C=N–C) groups is 1. The van der Waals surface area contributed by atoms with Gasteiger partial charge in [-0.2, -0.15) is 22.6 Å². The molecule has 13 heteroatoms. The molecule has 1 aromatic carbocycles. The fraction of sp³-hybridized carbons (Fsp3) is 0.333. The van der Waals surface area contributed by atoms with Gasteiger partial charge < -0.3 is 0 Å². The maximum atomic E-state index is 14.3. The van der Waals surface area contributed by atoms with Crippen LogP contribution in [0.2, 0.25) is 0 Å². The molecule has 5 rings (SSSR count). The van der Waals surface area contributed by atoms with Gasteiger partial charge in [0.25, 0.3) is 10.0 Å². The number of benzene rings is 1. The molecule has 1 fully saturated rings. The van der Waals surface area contributed by atoms with Crippen LogP contribution in [0.25, 0.3) is 11.8 Å². The van der Waals surface area contributed by atoms with E-state index >= 15 is 0 Å². The summed E-state index contributed by atoms with van der Waals surface area (Å²) in [7, 11) is -2.69. The fourth-order valence-corrected chi connectivity index (χ4v) is 7.71. The minimum Gasteiger partial charge on any atom is -0.291 e. The number of hydrogen-bond acceptors (Lipinski definition) is 6. The first-order valence-corrected chi connectivity index (χ1v) is 15.0. The highest BCUT2D eigenvalue weighted by atomic mass is 32.2. The van der Waals surface area contributed by atoms with E-state index < -0.39 is 44.8 Å². The van der Waals surface area contributed by atoms with Crippen LogP contribution in [0.1, 0.15) is 53.5 Å². The van der Waals surface area contributed by atoms with Crippen molar-refractivity contribution in [3.8, 4) is 5.69 Å². The lowest BCUT2D eigenvalue weighted by molar-refractivity contribution is -0.137. The monoisotopic (exact) mass is 615 g/mol. The van der Waals surface area contributed by atoms with Gasteiger partial charge in [-0.1, -0.05) is 19.1 Å². The van der Waals surface area contributed by atoms with Crippen LogP contribution in [0.15, 0.2) is 72.0 Å². The average molecular weight is 616 g/mol. The number of allylic oxidation sites excluding steroid dienone is 1. The predicted octanol–water partition coefficient (Wildman–Crippen LogP) is 5.65. The Morgan fingerprint density at radius 2 is 1.93 bits per heavy atom. The van der Waals surface area contributed by atoms with E-state index in [1.165, 1.54) is 23.5 Å². The first-order chi connectivity index (χ1) is 20.3. The summed E-state index contributed by atoms with van der Waals surface area (Å²) in [6.45, 7) is 5.37. The zero-order valence-corrected chi connectivity index (χ0v) is 24.3. The molecule has 43 heavy (non-hydrogen) atoms. The number of hydrogen-bond donors (Lipinski definition) is 0. The molecule has 2 aromatic heterocycles. The van der Waals surface area contributed by atoms with Crippen LogP contribution in [-0.2, 0) is 22.6 Å². The van der Waals surface area contributed by atoms with Gasteiger partial charge >= 0.3 is 6.18 Å². The van der Waals surface area contributed by atoms with Crippen LogP contribution >= 0.6 is 0 Å². The molecule has 8 nitrogen and oxygen atoms in total. The zero-order valence-electron chi connectivity index (χ0n) is 23.5. The van der Waals surface area contributed by atoms with E-state index in [4.69, 9.17) is 0 Å². The number of rotatable bonds is 7. The maximum Gasteiger partial charge on any atom is 0.417 e. The third-order valence-corrected chi connectivity index (χ3v) is 10.2. The number of aromatic nitrogens is 3. The Bertz CT molecular complexity index is 1730. The van der Waals surface area contributed by atoms with Crippen molar-refractivity contribution in [2.75, 3.05) is 13.6 Å². The van der Waals surface area contributed by atoms with E-state index in [1.807, 2.05) is 6.08 Å². The van der Waals surface area contributed by atoms with E-state index in [2.05, 4.69) is 21.7 Å². The topological polar surface area (TPSA) is 97.5 Å². The largest absolute Gasteiger partial charge is 0.417 e. The lowest BCUT2D eigenvalue weighted by Crippen LogP contribution is -2.51. The standard InChI is InChI=1S/C30H29F4N5O3S/c1-4-27(35-3)43(41,42)38(5-2)24-10-6-20-14-26-19(17-37-39(26)23-11-8-22(31)9-12-23)15-29(20,16-24)28(40)25-13-7-21(18-36-25)30(32,33)34/h4,7-9,11-14,17-18,24H,1,5-6,10,15-16H2,2-3H3/t24-,29-/m0/s1. The van der Waals surface area contributed by atoms with Gasteiger partial charge in [-0.3, -0.25) is 14.8 Å². The van der Waals surface area contributed by atoms with Crippen LogP contribution in [0.4, 0.5) is 17.6 Å². The molecular formula is C30H29F4N5O3S. The zero-order chi connectivity index (χ0) is 31.2. The van der Waals surface area contributed by atoms with Crippen molar-refractivity contribution in [3.63, 3.8) is 0 Å². The number of nitrogens with zero attached hydrogens (tertiary/aromatic N) is 5. The van der Waals surface area contributed by atoms with Crippen LogP contribution in [0, 0.1) is 11.2 Å². The Balaban J connectivity index is 1.61. The fourth-order valence-electron chi connectivity index (χ4n) is 6.11. The van der Waals surface area contributed by atoms with Crippen molar-refractivity contribution in [1.29, 1.82) is 0 Å². The third-order valence-electron chi connectivity index (χ3n) is 8.15. The van der Waals surface area contributed by atoms with Crippen LogP contribution in [0.3, 0.4) is 0 Å². The quantitative estimate of drug-likeness (QED) is 0.148. The SMILES string of the molecule is C=CC(=NC)S(=O)(=O)N(CC)[C@H]1CCC2=Cc3c(cnn3-c3ccc(F)cc3)C[C@]2(C(=O)c2ccc(C(F)(F)F)cn2)C1. The molecule has 0 bridgehead atoms. The molecule has 226 valence electrons. The van der Waals surface area contributed by atoms with Crippen LogP contribution < -0.4 is 0 Å². The second kappa shape index (κ2) is 11.3. The Labute approximate surface area is 246 Å². The lowest BCUT2D eigenvalue weighted by Gasteiger charge is -2.46. The van der Waals surface area contributed by atoms with Crippen molar-refractivity contribution in [1.82, 2.24) is 19.1 Å². The normalized spacial score (nSPS) is 20.8. The van der Waals surface area contributed by atoms with E-state index in [0.717, 1.165) is 18.2 Å². The number of alkyl halides is 3. The van der Waals surface area contributed by atoms with E-state index in [9.17, 15) is 30.8 Å². The highest BCUT2D eigenvalue weighted by molar-refractivity contribution is 8.04. The van der Waals surface area contributed by atoms with Crippen molar-refractivity contribution in [2.24, 2.45) is 10.4 Å². The number of Topliss-reactive ketones (excluding diaryl/α,β-unsaturated/α-hetero) is 1. The number of sulfonamides is 1. The molecule has 0 radical (unpaired) electrons. The molecule has 0 amide bonds. The summed E-state index contributed by atoms with van der Waals surface area (Å²) >= 11 is 0. The molecule has 2 heterocycles.